The summed E-state index contributed by atoms with van der Waals surface area (Å²) in [6, 6.07) is 3.45. The molecule has 1 atom stereocenters. The first kappa shape index (κ1) is 18.6. The molecular formula is C16H24N2O5S2. The van der Waals surface area contributed by atoms with Gasteiger partial charge in [0.05, 0.1) is 17.3 Å². The Labute approximate surface area is 148 Å². The minimum absolute atomic E-state index is 0.0167. The number of sulfone groups is 1. The molecule has 0 saturated carbocycles. The van der Waals surface area contributed by atoms with Crippen LogP contribution >= 0.6 is 0 Å². The molecule has 3 heterocycles. The fraction of sp³-hybridized carbons (Fsp3) is 0.688. The Morgan fingerprint density at radius 1 is 1.20 bits per heavy atom. The van der Waals surface area contributed by atoms with Crippen LogP contribution in [-0.2, 0) is 19.9 Å². The van der Waals surface area contributed by atoms with Crippen LogP contribution in [0.1, 0.15) is 37.2 Å². The number of aromatic nitrogens is 1. The van der Waals surface area contributed by atoms with Crippen molar-refractivity contribution < 1.29 is 16.8 Å². The van der Waals surface area contributed by atoms with E-state index in [1.807, 2.05) is 6.07 Å². The van der Waals surface area contributed by atoms with E-state index in [-0.39, 0.29) is 34.7 Å². The van der Waals surface area contributed by atoms with Crippen molar-refractivity contribution in [2.45, 2.75) is 31.6 Å². The molecule has 0 radical (unpaired) electrons. The summed E-state index contributed by atoms with van der Waals surface area (Å²) in [7, 11) is -6.32. The van der Waals surface area contributed by atoms with Gasteiger partial charge in [-0.3, -0.25) is 4.79 Å². The topological polar surface area (TPSA) is 104 Å². The maximum absolute atomic E-state index is 12.5. The van der Waals surface area contributed by atoms with Crippen LogP contribution in [0.25, 0.3) is 0 Å². The van der Waals surface area contributed by atoms with E-state index >= 15 is 0 Å². The van der Waals surface area contributed by atoms with Crippen molar-refractivity contribution in [3.05, 3.63) is 34.2 Å². The van der Waals surface area contributed by atoms with Crippen molar-refractivity contribution >= 4 is 19.9 Å². The normalized spacial score (nSPS) is 25.2. The number of hydrogen-bond acceptors (Lipinski definition) is 5. The van der Waals surface area contributed by atoms with Gasteiger partial charge < -0.3 is 4.98 Å². The van der Waals surface area contributed by atoms with Crippen LogP contribution in [0.4, 0.5) is 0 Å². The molecule has 2 saturated heterocycles. The van der Waals surface area contributed by atoms with Crippen molar-refractivity contribution in [1.29, 1.82) is 0 Å². The molecule has 3 rings (SSSR count). The number of nitrogens with one attached hydrogen (secondary N) is 1. The summed E-state index contributed by atoms with van der Waals surface area (Å²) in [5.41, 5.74) is 0.816. The van der Waals surface area contributed by atoms with E-state index in [9.17, 15) is 21.6 Å². The minimum atomic E-state index is -3.35. The van der Waals surface area contributed by atoms with Gasteiger partial charge in [-0.15, -0.1) is 0 Å². The first-order valence-corrected chi connectivity index (χ1v) is 12.1. The zero-order valence-electron chi connectivity index (χ0n) is 14.1. The summed E-state index contributed by atoms with van der Waals surface area (Å²) in [5, 5.41) is 0. The SMILES string of the molecule is O=c1cc(C2CCN(S(=O)(=O)CCC3CCS(=O)(=O)C3)CC2)cc[nH]1. The molecule has 9 heteroatoms. The van der Waals surface area contributed by atoms with Crippen LogP contribution in [0, 0.1) is 5.92 Å². The van der Waals surface area contributed by atoms with Crippen molar-refractivity contribution in [2.24, 2.45) is 5.92 Å². The van der Waals surface area contributed by atoms with E-state index in [1.165, 1.54) is 4.31 Å². The molecule has 0 spiro atoms. The summed E-state index contributed by atoms with van der Waals surface area (Å²) in [6.07, 6.45) is 4.00. The third-order valence-corrected chi connectivity index (χ3v) is 8.97. The molecule has 1 unspecified atom stereocenters. The standard InChI is InChI=1S/C16H24N2O5S2/c19-16-11-15(1-6-17-16)14-2-7-18(8-3-14)25(22,23)10-5-13-4-9-24(20,21)12-13/h1,6,11,13-14H,2-5,7-10,12H2,(H,17,19). The molecule has 0 aromatic carbocycles. The molecule has 1 aromatic heterocycles. The molecule has 1 N–H and O–H groups in total. The third-order valence-electron chi connectivity index (χ3n) is 5.23. The molecular weight excluding hydrogens is 364 g/mol. The van der Waals surface area contributed by atoms with Gasteiger partial charge in [-0.05, 0) is 49.1 Å². The van der Waals surface area contributed by atoms with Gasteiger partial charge in [-0.1, -0.05) is 0 Å². The number of H-pyrrole nitrogens is 1. The lowest BCUT2D eigenvalue weighted by molar-refractivity contribution is 0.318. The second kappa shape index (κ2) is 7.20. The van der Waals surface area contributed by atoms with Crippen molar-refractivity contribution in [1.82, 2.24) is 9.29 Å². The van der Waals surface area contributed by atoms with Gasteiger partial charge in [0.15, 0.2) is 9.84 Å². The summed E-state index contributed by atoms with van der Waals surface area (Å²) < 4.78 is 49.5. The Hall–Kier alpha value is -1.19. The highest BCUT2D eigenvalue weighted by molar-refractivity contribution is 7.91. The van der Waals surface area contributed by atoms with Crippen LogP contribution < -0.4 is 5.56 Å². The first-order valence-electron chi connectivity index (χ1n) is 8.62. The zero-order chi connectivity index (χ0) is 18.1. The Morgan fingerprint density at radius 3 is 2.52 bits per heavy atom. The highest BCUT2D eigenvalue weighted by Gasteiger charge is 2.32. The number of aromatic amines is 1. The molecule has 140 valence electrons. The van der Waals surface area contributed by atoms with Crippen molar-refractivity contribution in [3.8, 4) is 0 Å². The number of pyridine rings is 1. The maximum atomic E-state index is 12.5. The Bertz CT molecular complexity index is 868. The largest absolute Gasteiger partial charge is 0.329 e. The highest BCUT2D eigenvalue weighted by atomic mass is 32.2. The predicted molar refractivity (Wildman–Crippen MR) is 95.8 cm³/mol. The minimum Gasteiger partial charge on any atom is -0.329 e. The van der Waals surface area contributed by atoms with Gasteiger partial charge in [0, 0.05) is 25.4 Å². The van der Waals surface area contributed by atoms with Gasteiger partial charge in [-0.25, -0.2) is 21.1 Å². The number of nitrogens with zero attached hydrogens (tertiary/aromatic N) is 1. The molecule has 0 amide bonds. The van der Waals surface area contributed by atoms with Crippen LogP contribution in [-0.4, -0.2) is 56.5 Å². The fourth-order valence-corrected chi connectivity index (χ4v) is 7.29. The van der Waals surface area contributed by atoms with Crippen LogP contribution in [0.5, 0.6) is 0 Å². The molecule has 1 aromatic rings. The molecule has 2 aliphatic rings. The van der Waals surface area contributed by atoms with Gasteiger partial charge in [0.2, 0.25) is 15.6 Å². The molecule has 0 aliphatic carbocycles. The molecule has 25 heavy (non-hydrogen) atoms. The lowest BCUT2D eigenvalue weighted by Gasteiger charge is -2.31. The molecule has 0 bridgehead atoms. The number of sulfonamides is 1. The third kappa shape index (κ3) is 4.71. The van der Waals surface area contributed by atoms with E-state index in [1.54, 1.807) is 12.3 Å². The fourth-order valence-electron chi connectivity index (χ4n) is 3.73. The van der Waals surface area contributed by atoms with E-state index in [2.05, 4.69) is 4.98 Å². The lowest BCUT2D eigenvalue weighted by Crippen LogP contribution is -2.39. The highest BCUT2D eigenvalue weighted by Crippen LogP contribution is 2.29. The van der Waals surface area contributed by atoms with E-state index in [4.69, 9.17) is 0 Å². The molecule has 7 nitrogen and oxygen atoms in total. The van der Waals surface area contributed by atoms with Gasteiger partial charge >= 0.3 is 0 Å². The smallest absolute Gasteiger partial charge is 0.248 e. The quantitative estimate of drug-likeness (QED) is 0.800. The predicted octanol–water partition coefficient (Wildman–Crippen LogP) is 0.709. The van der Waals surface area contributed by atoms with E-state index in [0.29, 0.717) is 38.8 Å². The van der Waals surface area contributed by atoms with Gasteiger partial charge in [0.25, 0.3) is 0 Å². The monoisotopic (exact) mass is 388 g/mol. The summed E-state index contributed by atoms with van der Waals surface area (Å²) >= 11 is 0. The average Bonchev–Trinajstić information content (AvgIpc) is 2.92. The molecule has 2 fully saturated rings. The van der Waals surface area contributed by atoms with Crippen LogP contribution in [0.2, 0.25) is 0 Å². The summed E-state index contributed by atoms with van der Waals surface area (Å²) in [6.45, 7) is 0.894. The molecule has 2 aliphatic heterocycles. The van der Waals surface area contributed by atoms with Crippen molar-refractivity contribution in [3.63, 3.8) is 0 Å². The van der Waals surface area contributed by atoms with E-state index in [0.717, 1.165) is 5.56 Å². The number of piperidine rings is 1. The van der Waals surface area contributed by atoms with Crippen molar-refractivity contribution in [2.75, 3.05) is 30.3 Å². The lowest BCUT2D eigenvalue weighted by atomic mass is 9.91. The summed E-state index contributed by atoms with van der Waals surface area (Å²) in [5.74, 6) is 0.483. The van der Waals surface area contributed by atoms with Gasteiger partial charge in [0.1, 0.15) is 0 Å². The van der Waals surface area contributed by atoms with Crippen LogP contribution in [0.15, 0.2) is 23.1 Å². The number of hydrogen-bond donors (Lipinski definition) is 1. The number of rotatable bonds is 5. The first-order chi connectivity index (χ1) is 11.8. The average molecular weight is 389 g/mol. The van der Waals surface area contributed by atoms with E-state index < -0.39 is 19.9 Å². The maximum Gasteiger partial charge on any atom is 0.248 e. The Morgan fingerprint density at radius 2 is 1.92 bits per heavy atom. The summed E-state index contributed by atoms with van der Waals surface area (Å²) in [4.78, 5) is 14.0. The van der Waals surface area contributed by atoms with Gasteiger partial charge in [-0.2, -0.15) is 0 Å². The second-order valence-corrected chi connectivity index (χ2v) is 11.4. The van der Waals surface area contributed by atoms with Crippen LogP contribution in [0.3, 0.4) is 0 Å². The Balaban J connectivity index is 1.54. The zero-order valence-corrected chi connectivity index (χ0v) is 15.7. The Kier molecular flexibility index (Phi) is 5.36. The second-order valence-electron chi connectivity index (χ2n) is 7.03.